The van der Waals surface area contributed by atoms with Gasteiger partial charge in [0, 0.05) is 28.8 Å². The molecule has 0 amide bonds. The fourth-order valence-electron chi connectivity index (χ4n) is 1.85. The van der Waals surface area contributed by atoms with Gasteiger partial charge in [-0.15, -0.1) is 0 Å². The van der Waals surface area contributed by atoms with Crippen molar-refractivity contribution in [3.05, 3.63) is 58.5 Å². The van der Waals surface area contributed by atoms with Gasteiger partial charge >= 0.3 is 0 Å². The van der Waals surface area contributed by atoms with Crippen molar-refractivity contribution in [1.82, 2.24) is 14.6 Å². The van der Waals surface area contributed by atoms with Gasteiger partial charge in [0.25, 0.3) is 0 Å². The summed E-state index contributed by atoms with van der Waals surface area (Å²) in [5.41, 5.74) is 8.37. The average molecular weight is 303 g/mol. The molecule has 1 aromatic carbocycles. The van der Waals surface area contributed by atoms with Crippen LogP contribution in [0.25, 0.3) is 5.65 Å². The number of hydrogen-bond donors (Lipinski definition) is 1. The topological polar surface area (TPSA) is 56.2 Å². The van der Waals surface area contributed by atoms with Gasteiger partial charge in [0.15, 0.2) is 11.5 Å². The Morgan fingerprint density at radius 2 is 2.11 bits per heavy atom. The van der Waals surface area contributed by atoms with E-state index in [1.165, 1.54) is 5.56 Å². The largest absolute Gasteiger partial charge is 0.399 e. The number of halogens is 1. The van der Waals surface area contributed by atoms with E-state index in [0.29, 0.717) is 12.1 Å². The minimum Gasteiger partial charge on any atom is -0.399 e. The number of fused-ring (bicyclic) bond motifs is 1. The highest BCUT2D eigenvalue weighted by Crippen LogP contribution is 2.15. The van der Waals surface area contributed by atoms with Gasteiger partial charge in [0.05, 0.1) is 0 Å². The summed E-state index contributed by atoms with van der Waals surface area (Å²) in [6, 6.07) is 11.8. The SMILES string of the molecule is Nc1ccn2nc(Cc3cccc(Br)c3)nc2c1. The van der Waals surface area contributed by atoms with E-state index in [0.717, 1.165) is 15.9 Å². The third kappa shape index (κ3) is 2.22. The lowest BCUT2D eigenvalue weighted by atomic mass is 10.1. The van der Waals surface area contributed by atoms with Gasteiger partial charge in [-0.3, -0.25) is 0 Å². The molecule has 0 saturated carbocycles. The van der Waals surface area contributed by atoms with Crippen molar-refractivity contribution in [2.24, 2.45) is 0 Å². The van der Waals surface area contributed by atoms with E-state index >= 15 is 0 Å². The van der Waals surface area contributed by atoms with Crippen LogP contribution in [0.4, 0.5) is 5.69 Å². The Balaban J connectivity index is 1.95. The zero-order valence-electron chi connectivity index (χ0n) is 9.55. The van der Waals surface area contributed by atoms with Crippen LogP contribution in [0.1, 0.15) is 11.4 Å². The maximum Gasteiger partial charge on any atom is 0.157 e. The molecule has 0 aliphatic carbocycles. The molecule has 18 heavy (non-hydrogen) atoms. The van der Waals surface area contributed by atoms with E-state index in [2.05, 4.69) is 38.1 Å². The lowest BCUT2D eigenvalue weighted by molar-refractivity contribution is 0.900. The highest BCUT2D eigenvalue weighted by Gasteiger charge is 2.05. The van der Waals surface area contributed by atoms with Gasteiger partial charge in [0.2, 0.25) is 0 Å². The summed E-state index contributed by atoms with van der Waals surface area (Å²) in [5.74, 6) is 0.790. The standard InChI is InChI=1S/C13H11BrN4/c14-10-3-1-2-9(6-10)7-12-16-13-8-11(15)4-5-18(13)17-12/h1-6,8H,7,15H2. The Hall–Kier alpha value is -1.88. The van der Waals surface area contributed by atoms with E-state index < -0.39 is 0 Å². The minimum atomic E-state index is 0.698. The molecule has 3 aromatic rings. The van der Waals surface area contributed by atoms with Crippen molar-refractivity contribution >= 4 is 27.3 Å². The number of nitrogens with two attached hydrogens (primary N) is 1. The van der Waals surface area contributed by atoms with Crippen LogP contribution in [0, 0.1) is 0 Å². The second-order valence-electron chi connectivity index (χ2n) is 4.10. The molecule has 2 aromatic heterocycles. The van der Waals surface area contributed by atoms with Crippen LogP contribution in [-0.4, -0.2) is 14.6 Å². The number of anilines is 1. The zero-order chi connectivity index (χ0) is 12.5. The molecule has 2 N–H and O–H groups in total. The number of rotatable bonds is 2. The normalized spacial score (nSPS) is 10.9. The van der Waals surface area contributed by atoms with Gasteiger partial charge < -0.3 is 5.73 Å². The molecule has 0 fully saturated rings. The summed E-state index contributed by atoms with van der Waals surface area (Å²) < 4.78 is 2.80. The first kappa shape index (κ1) is 11.2. The maximum absolute atomic E-state index is 5.72. The van der Waals surface area contributed by atoms with Crippen LogP contribution in [0.3, 0.4) is 0 Å². The van der Waals surface area contributed by atoms with Gasteiger partial charge in [0.1, 0.15) is 0 Å². The summed E-state index contributed by atoms with van der Waals surface area (Å²) in [7, 11) is 0. The third-order valence-electron chi connectivity index (χ3n) is 2.66. The number of pyridine rings is 1. The molecular formula is C13H11BrN4. The molecule has 0 saturated heterocycles. The number of nitrogens with zero attached hydrogens (tertiary/aromatic N) is 3. The number of nitrogen functional groups attached to an aromatic ring is 1. The van der Waals surface area contributed by atoms with Gasteiger partial charge in [-0.1, -0.05) is 28.1 Å². The van der Waals surface area contributed by atoms with Crippen LogP contribution < -0.4 is 5.73 Å². The fraction of sp³-hybridized carbons (Fsp3) is 0.0769. The number of hydrogen-bond acceptors (Lipinski definition) is 3. The Bertz CT molecular complexity index is 705. The summed E-state index contributed by atoms with van der Waals surface area (Å²) in [5, 5.41) is 4.41. The summed E-state index contributed by atoms with van der Waals surface area (Å²) >= 11 is 3.46. The van der Waals surface area contributed by atoms with Crippen molar-refractivity contribution in [3.8, 4) is 0 Å². The molecule has 2 heterocycles. The summed E-state index contributed by atoms with van der Waals surface area (Å²) in [6.45, 7) is 0. The third-order valence-corrected chi connectivity index (χ3v) is 3.15. The molecular weight excluding hydrogens is 292 g/mol. The van der Waals surface area contributed by atoms with Crippen LogP contribution in [0.15, 0.2) is 47.1 Å². The van der Waals surface area contributed by atoms with Gasteiger partial charge in [-0.05, 0) is 23.8 Å². The first-order valence-corrected chi connectivity index (χ1v) is 6.35. The Labute approximate surface area is 113 Å². The molecule has 0 aliphatic rings. The summed E-state index contributed by atoms with van der Waals surface area (Å²) in [4.78, 5) is 4.46. The quantitative estimate of drug-likeness (QED) is 0.792. The van der Waals surface area contributed by atoms with Crippen LogP contribution in [0.5, 0.6) is 0 Å². The van der Waals surface area contributed by atoms with Crippen LogP contribution in [0.2, 0.25) is 0 Å². The van der Waals surface area contributed by atoms with Crippen molar-refractivity contribution in [2.45, 2.75) is 6.42 Å². The van der Waals surface area contributed by atoms with E-state index in [-0.39, 0.29) is 0 Å². The number of benzene rings is 1. The first-order valence-electron chi connectivity index (χ1n) is 5.56. The number of aromatic nitrogens is 3. The molecule has 4 nitrogen and oxygen atoms in total. The molecule has 0 atom stereocenters. The molecule has 0 radical (unpaired) electrons. The molecule has 3 rings (SSSR count). The molecule has 5 heteroatoms. The van der Waals surface area contributed by atoms with Crippen LogP contribution >= 0.6 is 15.9 Å². The van der Waals surface area contributed by atoms with E-state index in [1.54, 1.807) is 4.52 Å². The second kappa shape index (κ2) is 4.42. The van der Waals surface area contributed by atoms with Crippen molar-refractivity contribution in [3.63, 3.8) is 0 Å². The minimum absolute atomic E-state index is 0.698. The Morgan fingerprint density at radius 3 is 2.94 bits per heavy atom. The highest BCUT2D eigenvalue weighted by atomic mass is 79.9. The molecule has 0 bridgehead atoms. The van der Waals surface area contributed by atoms with E-state index in [9.17, 15) is 0 Å². The van der Waals surface area contributed by atoms with Gasteiger partial charge in [-0.2, -0.15) is 5.10 Å². The van der Waals surface area contributed by atoms with E-state index in [1.807, 2.05) is 30.5 Å². The maximum atomic E-state index is 5.72. The fourth-order valence-corrected chi connectivity index (χ4v) is 2.29. The Morgan fingerprint density at radius 1 is 1.22 bits per heavy atom. The van der Waals surface area contributed by atoms with Gasteiger partial charge in [-0.25, -0.2) is 9.50 Å². The first-order chi connectivity index (χ1) is 8.70. The second-order valence-corrected chi connectivity index (χ2v) is 5.01. The molecule has 0 spiro atoms. The van der Waals surface area contributed by atoms with Crippen molar-refractivity contribution in [1.29, 1.82) is 0 Å². The predicted octanol–water partition coefficient (Wildman–Crippen LogP) is 2.66. The lowest BCUT2D eigenvalue weighted by Gasteiger charge is -1.97. The van der Waals surface area contributed by atoms with Crippen LogP contribution in [-0.2, 0) is 6.42 Å². The molecule has 0 unspecified atom stereocenters. The van der Waals surface area contributed by atoms with E-state index in [4.69, 9.17) is 5.73 Å². The smallest absolute Gasteiger partial charge is 0.157 e. The monoisotopic (exact) mass is 302 g/mol. The highest BCUT2D eigenvalue weighted by molar-refractivity contribution is 9.10. The Kier molecular flexibility index (Phi) is 2.76. The summed E-state index contributed by atoms with van der Waals surface area (Å²) in [6.07, 6.45) is 2.53. The predicted molar refractivity (Wildman–Crippen MR) is 74.3 cm³/mol. The molecule has 0 aliphatic heterocycles. The van der Waals surface area contributed by atoms with Crippen molar-refractivity contribution < 1.29 is 0 Å². The average Bonchev–Trinajstić information content (AvgIpc) is 2.70. The lowest BCUT2D eigenvalue weighted by Crippen LogP contribution is -1.92. The molecule has 90 valence electrons. The van der Waals surface area contributed by atoms with Crippen molar-refractivity contribution in [2.75, 3.05) is 5.73 Å². The zero-order valence-corrected chi connectivity index (χ0v) is 11.1.